The van der Waals surface area contributed by atoms with E-state index in [0.29, 0.717) is 24.7 Å². The third-order valence-electron chi connectivity index (χ3n) is 3.89. The Balaban J connectivity index is 2.07. The maximum atomic E-state index is 12.2. The lowest BCUT2D eigenvalue weighted by Gasteiger charge is -2.22. The first-order chi connectivity index (χ1) is 9.76. The van der Waals surface area contributed by atoms with Gasteiger partial charge >= 0.3 is 0 Å². The largest absolute Gasteiger partial charge is 0.341 e. The van der Waals surface area contributed by atoms with Crippen LogP contribution in [0.15, 0.2) is 29.2 Å². The molecule has 0 aromatic heterocycles. The van der Waals surface area contributed by atoms with Crippen LogP contribution in [0, 0.1) is 5.41 Å². The molecule has 1 aliphatic rings. The highest BCUT2D eigenvalue weighted by Gasteiger charge is 2.36. The van der Waals surface area contributed by atoms with Crippen molar-refractivity contribution in [3.05, 3.63) is 29.3 Å². The fourth-order valence-corrected chi connectivity index (χ4v) is 3.73. The predicted molar refractivity (Wildman–Crippen MR) is 81.9 cm³/mol. The van der Waals surface area contributed by atoms with Crippen molar-refractivity contribution in [3.63, 3.8) is 0 Å². The number of amides is 1. The molecule has 1 atom stereocenters. The number of sulfone groups is 1. The highest BCUT2D eigenvalue weighted by molar-refractivity contribution is 7.92. The smallest absolute Gasteiger partial charge is 0.238 e. The Morgan fingerprint density at radius 2 is 2.00 bits per heavy atom. The minimum atomic E-state index is -3.64. The number of nitrogens with zero attached hydrogens (tertiary/aromatic N) is 1. The van der Waals surface area contributed by atoms with E-state index in [1.165, 1.54) is 24.3 Å². The number of carbonyl (C=O) groups is 1. The van der Waals surface area contributed by atoms with Crippen molar-refractivity contribution in [1.29, 1.82) is 0 Å². The van der Waals surface area contributed by atoms with Crippen molar-refractivity contribution in [2.75, 3.05) is 25.4 Å². The Labute approximate surface area is 130 Å². The van der Waals surface area contributed by atoms with Crippen molar-refractivity contribution in [2.45, 2.75) is 18.2 Å². The summed E-state index contributed by atoms with van der Waals surface area (Å²) in [5.74, 6) is -0.892. The molecule has 2 rings (SSSR count). The summed E-state index contributed by atoms with van der Waals surface area (Å²) in [4.78, 5) is 13.9. The van der Waals surface area contributed by atoms with Gasteiger partial charge in [-0.15, -0.1) is 0 Å². The molecule has 1 aliphatic heterocycles. The highest BCUT2D eigenvalue weighted by atomic mass is 35.5. The Morgan fingerprint density at radius 1 is 1.38 bits per heavy atom. The van der Waals surface area contributed by atoms with Gasteiger partial charge in [-0.25, -0.2) is 8.42 Å². The van der Waals surface area contributed by atoms with Crippen molar-refractivity contribution in [2.24, 2.45) is 11.1 Å². The van der Waals surface area contributed by atoms with Gasteiger partial charge in [-0.2, -0.15) is 0 Å². The van der Waals surface area contributed by atoms with Crippen LogP contribution in [-0.2, 0) is 14.6 Å². The summed E-state index contributed by atoms with van der Waals surface area (Å²) in [5, 5.41) is 0.457. The van der Waals surface area contributed by atoms with Gasteiger partial charge in [-0.3, -0.25) is 4.79 Å². The Bertz CT molecular complexity index is 630. The number of rotatable bonds is 4. The topological polar surface area (TPSA) is 80.5 Å². The number of likely N-dealkylation sites (tertiary alicyclic amines) is 1. The number of carbonyl (C=O) groups excluding carboxylic acids is 1. The van der Waals surface area contributed by atoms with Gasteiger partial charge in [-0.05, 0) is 42.6 Å². The van der Waals surface area contributed by atoms with Crippen LogP contribution in [0.2, 0.25) is 5.02 Å². The molecule has 1 amide bonds. The number of benzene rings is 1. The summed E-state index contributed by atoms with van der Waals surface area (Å²) in [5.41, 5.74) is 5.58. The number of hydrogen-bond donors (Lipinski definition) is 1. The van der Waals surface area contributed by atoms with Gasteiger partial charge in [0.15, 0.2) is 9.84 Å². The van der Waals surface area contributed by atoms with E-state index in [1.807, 2.05) is 6.92 Å². The molecule has 0 bridgehead atoms. The quantitative estimate of drug-likeness (QED) is 0.902. The number of nitrogens with two attached hydrogens (primary N) is 1. The zero-order valence-corrected chi connectivity index (χ0v) is 13.5. The molecule has 2 N–H and O–H groups in total. The fourth-order valence-electron chi connectivity index (χ4n) is 2.38. The van der Waals surface area contributed by atoms with Crippen LogP contribution in [0.5, 0.6) is 0 Å². The summed E-state index contributed by atoms with van der Waals surface area (Å²) < 4.78 is 24.5. The Kier molecular flexibility index (Phi) is 4.60. The van der Waals surface area contributed by atoms with E-state index in [9.17, 15) is 13.2 Å². The fraction of sp³-hybridized carbons (Fsp3) is 0.500. The Morgan fingerprint density at radius 3 is 2.52 bits per heavy atom. The molecule has 21 heavy (non-hydrogen) atoms. The van der Waals surface area contributed by atoms with Crippen molar-refractivity contribution < 1.29 is 13.2 Å². The molecule has 0 radical (unpaired) electrons. The SMILES string of the molecule is CC1(CN)CCN(C(=O)CS(=O)(=O)c2ccc(Cl)cc2)C1. The molecule has 0 saturated carbocycles. The maximum Gasteiger partial charge on any atom is 0.238 e. The predicted octanol–water partition coefficient (Wildman–Crippen LogP) is 1.31. The van der Waals surface area contributed by atoms with Crippen LogP contribution < -0.4 is 5.73 Å². The molecule has 1 saturated heterocycles. The van der Waals surface area contributed by atoms with Crippen LogP contribution in [0.1, 0.15) is 13.3 Å². The van der Waals surface area contributed by atoms with E-state index < -0.39 is 15.6 Å². The first-order valence-electron chi connectivity index (χ1n) is 6.72. The molecular weight excluding hydrogens is 312 g/mol. The molecule has 7 heteroatoms. The first-order valence-corrected chi connectivity index (χ1v) is 8.75. The lowest BCUT2D eigenvalue weighted by Crippen LogP contribution is -2.37. The van der Waals surface area contributed by atoms with E-state index in [1.54, 1.807) is 4.90 Å². The van der Waals surface area contributed by atoms with Gasteiger partial charge in [0.2, 0.25) is 5.91 Å². The van der Waals surface area contributed by atoms with E-state index >= 15 is 0 Å². The number of halogens is 1. The second-order valence-corrected chi connectivity index (χ2v) is 8.22. The van der Waals surface area contributed by atoms with Crippen LogP contribution in [-0.4, -0.2) is 44.6 Å². The van der Waals surface area contributed by atoms with Crippen molar-refractivity contribution in [1.82, 2.24) is 4.90 Å². The molecule has 116 valence electrons. The average Bonchev–Trinajstić information content (AvgIpc) is 2.82. The minimum Gasteiger partial charge on any atom is -0.341 e. The lowest BCUT2D eigenvalue weighted by molar-refractivity contribution is -0.127. The molecule has 1 heterocycles. The molecule has 0 aliphatic carbocycles. The van der Waals surface area contributed by atoms with E-state index in [0.717, 1.165) is 6.42 Å². The van der Waals surface area contributed by atoms with Crippen LogP contribution in [0.25, 0.3) is 0 Å². The zero-order valence-electron chi connectivity index (χ0n) is 11.9. The van der Waals surface area contributed by atoms with Crippen molar-refractivity contribution >= 4 is 27.3 Å². The third-order valence-corrected chi connectivity index (χ3v) is 5.76. The summed E-state index contributed by atoms with van der Waals surface area (Å²) >= 11 is 5.74. The monoisotopic (exact) mass is 330 g/mol. The molecule has 1 aromatic carbocycles. The van der Waals surface area contributed by atoms with Gasteiger partial charge in [0.1, 0.15) is 5.75 Å². The molecule has 0 spiro atoms. The zero-order chi connectivity index (χ0) is 15.7. The second-order valence-electron chi connectivity index (χ2n) is 5.79. The van der Waals surface area contributed by atoms with E-state index in [4.69, 9.17) is 17.3 Å². The molecule has 1 fully saturated rings. The van der Waals surface area contributed by atoms with Crippen LogP contribution in [0.4, 0.5) is 0 Å². The molecular formula is C14H19ClN2O3S. The molecule has 1 unspecified atom stereocenters. The van der Waals surface area contributed by atoms with Gasteiger partial charge in [0.05, 0.1) is 4.90 Å². The van der Waals surface area contributed by atoms with Gasteiger partial charge in [0.25, 0.3) is 0 Å². The lowest BCUT2D eigenvalue weighted by atomic mass is 9.90. The van der Waals surface area contributed by atoms with Gasteiger partial charge < -0.3 is 10.6 Å². The maximum absolute atomic E-state index is 12.2. The average molecular weight is 331 g/mol. The minimum absolute atomic E-state index is 0.111. The normalized spacial score (nSPS) is 22.5. The Hall–Kier alpha value is -1.11. The van der Waals surface area contributed by atoms with E-state index in [2.05, 4.69) is 0 Å². The summed E-state index contributed by atoms with van der Waals surface area (Å²) in [7, 11) is -3.64. The molecule has 1 aromatic rings. The second kappa shape index (κ2) is 5.94. The summed E-state index contributed by atoms with van der Waals surface area (Å²) in [6.07, 6.45) is 0.802. The summed E-state index contributed by atoms with van der Waals surface area (Å²) in [6, 6.07) is 5.83. The van der Waals surface area contributed by atoms with Crippen LogP contribution >= 0.6 is 11.6 Å². The molecule has 5 nitrogen and oxygen atoms in total. The third kappa shape index (κ3) is 3.75. The highest BCUT2D eigenvalue weighted by Crippen LogP contribution is 2.28. The van der Waals surface area contributed by atoms with Gasteiger partial charge in [-0.1, -0.05) is 18.5 Å². The van der Waals surface area contributed by atoms with Crippen molar-refractivity contribution in [3.8, 4) is 0 Å². The number of hydrogen-bond acceptors (Lipinski definition) is 4. The van der Waals surface area contributed by atoms with Crippen LogP contribution in [0.3, 0.4) is 0 Å². The van der Waals surface area contributed by atoms with Gasteiger partial charge in [0, 0.05) is 18.1 Å². The first kappa shape index (κ1) is 16.3. The van der Waals surface area contributed by atoms with E-state index in [-0.39, 0.29) is 16.2 Å². The summed E-state index contributed by atoms with van der Waals surface area (Å²) in [6.45, 7) is 3.57. The standard InChI is InChI=1S/C14H19ClN2O3S/c1-14(9-16)6-7-17(10-14)13(18)8-21(19,20)12-4-2-11(15)3-5-12/h2-5H,6-10,16H2,1H3.